The minimum atomic E-state index is -1.47. The van der Waals surface area contributed by atoms with Gasteiger partial charge in [0.1, 0.15) is 6.61 Å². The molecule has 2 aromatic rings. The molecule has 0 spiro atoms. The first-order valence-electron chi connectivity index (χ1n) is 8.67. The summed E-state index contributed by atoms with van der Waals surface area (Å²) in [4.78, 5) is 24.6. The second kappa shape index (κ2) is 6.83. The van der Waals surface area contributed by atoms with Crippen LogP contribution in [0.3, 0.4) is 0 Å². The molecule has 26 heavy (non-hydrogen) atoms. The van der Waals surface area contributed by atoms with Crippen molar-refractivity contribution in [1.82, 2.24) is 5.32 Å². The van der Waals surface area contributed by atoms with E-state index in [4.69, 9.17) is 4.74 Å². The first-order valence-corrected chi connectivity index (χ1v) is 8.67. The molecule has 0 heterocycles. The van der Waals surface area contributed by atoms with Crippen molar-refractivity contribution in [3.63, 3.8) is 0 Å². The van der Waals surface area contributed by atoms with E-state index in [0.717, 1.165) is 11.1 Å². The molecule has 1 unspecified atom stereocenters. The molecule has 136 valence electrons. The average molecular weight is 353 g/mol. The Morgan fingerprint density at radius 2 is 1.62 bits per heavy atom. The number of ether oxygens (including phenoxy) is 1. The third-order valence-electron chi connectivity index (χ3n) is 5.13. The number of fused-ring (bicyclic) bond motifs is 1. The van der Waals surface area contributed by atoms with Crippen LogP contribution in [0.2, 0.25) is 0 Å². The molecule has 1 aliphatic rings. The van der Waals surface area contributed by atoms with Gasteiger partial charge in [-0.05, 0) is 34.9 Å². The van der Waals surface area contributed by atoms with Gasteiger partial charge in [-0.3, -0.25) is 0 Å². The number of rotatable bonds is 4. The number of benzene rings is 2. The molecular formula is C21H23NO4. The Hall–Kier alpha value is -2.82. The highest BCUT2D eigenvalue weighted by Crippen LogP contribution is 2.44. The van der Waals surface area contributed by atoms with Crippen LogP contribution in [0.5, 0.6) is 0 Å². The molecule has 0 aliphatic heterocycles. The lowest BCUT2D eigenvalue weighted by molar-refractivity contribution is -0.146. The number of carboxylic acids is 1. The van der Waals surface area contributed by atoms with Crippen molar-refractivity contribution in [2.75, 3.05) is 0 Å². The molecule has 1 atom stereocenters. The van der Waals surface area contributed by atoms with Gasteiger partial charge < -0.3 is 15.2 Å². The summed E-state index contributed by atoms with van der Waals surface area (Å²) >= 11 is 0. The van der Waals surface area contributed by atoms with Gasteiger partial charge in [-0.15, -0.1) is 0 Å². The van der Waals surface area contributed by atoms with E-state index in [1.165, 1.54) is 0 Å². The Labute approximate surface area is 153 Å². The van der Waals surface area contributed by atoms with E-state index >= 15 is 0 Å². The Morgan fingerprint density at radius 3 is 2.27 bits per heavy atom. The highest BCUT2D eigenvalue weighted by Gasteiger charge is 2.49. The molecule has 0 aromatic heterocycles. The first kappa shape index (κ1) is 18.0. The van der Waals surface area contributed by atoms with Crippen LogP contribution in [-0.2, 0) is 27.1 Å². The van der Waals surface area contributed by atoms with Crippen LogP contribution in [0.4, 0.5) is 4.79 Å². The number of hydrogen-bond acceptors (Lipinski definition) is 3. The molecular weight excluding hydrogens is 330 g/mol. The normalized spacial score (nSPS) is 20.7. The van der Waals surface area contributed by atoms with Crippen LogP contribution in [0.1, 0.15) is 43.4 Å². The molecule has 0 bridgehead atoms. The summed E-state index contributed by atoms with van der Waals surface area (Å²) in [5, 5.41) is 12.6. The van der Waals surface area contributed by atoms with Crippen molar-refractivity contribution >= 4 is 12.1 Å². The molecule has 0 radical (unpaired) electrons. The first-order chi connectivity index (χ1) is 12.3. The van der Waals surface area contributed by atoms with E-state index in [0.29, 0.717) is 18.4 Å². The monoisotopic (exact) mass is 353 g/mol. The smallest absolute Gasteiger partial charge is 0.408 e. The van der Waals surface area contributed by atoms with E-state index in [1.807, 2.05) is 42.5 Å². The standard InChI is InChI=1S/C21H23NO4/c1-20(2)12-13-21(18(23)24,17-11-7-6-10-16(17)20)22-19(25)26-14-15-8-4-3-5-9-15/h3-11H,12-14H2,1-2H3,(H,22,25)(H,23,24). The fourth-order valence-corrected chi connectivity index (χ4v) is 3.55. The number of carboxylic acid groups (broad SMARTS) is 1. The van der Waals surface area contributed by atoms with E-state index in [-0.39, 0.29) is 12.0 Å². The van der Waals surface area contributed by atoms with Crippen molar-refractivity contribution in [3.05, 3.63) is 71.3 Å². The molecule has 5 heteroatoms. The third-order valence-corrected chi connectivity index (χ3v) is 5.13. The maximum absolute atomic E-state index is 12.4. The van der Waals surface area contributed by atoms with E-state index < -0.39 is 17.6 Å². The number of hydrogen-bond donors (Lipinski definition) is 2. The van der Waals surface area contributed by atoms with Gasteiger partial charge in [0.25, 0.3) is 0 Å². The molecule has 2 N–H and O–H groups in total. The van der Waals surface area contributed by atoms with Crippen molar-refractivity contribution in [2.45, 2.75) is 44.2 Å². The Morgan fingerprint density at radius 1 is 1.00 bits per heavy atom. The minimum Gasteiger partial charge on any atom is -0.479 e. The Kier molecular flexibility index (Phi) is 4.72. The summed E-state index contributed by atoms with van der Waals surface area (Å²) in [6.45, 7) is 4.27. The molecule has 2 aromatic carbocycles. The van der Waals surface area contributed by atoms with Gasteiger partial charge in [-0.2, -0.15) is 0 Å². The zero-order valence-corrected chi connectivity index (χ0v) is 15.0. The van der Waals surface area contributed by atoms with Crippen LogP contribution in [-0.4, -0.2) is 17.2 Å². The SMILES string of the molecule is CC1(C)CCC(NC(=O)OCc2ccccc2)(C(=O)O)c2ccccc21. The molecule has 3 rings (SSSR count). The van der Waals surface area contributed by atoms with Gasteiger partial charge in [-0.25, -0.2) is 9.59 Å². The Balaban J connectivity index is 1.85. The number of amides is 1. The molecule has 0 fully saturated rings. The van der Waals surface area contributed by atoms with E-state index in [1.54, 1.807) is 12.1 Å². The van der Waals surface area contributed by atoms with Gasteiger partial charge in [-0.1, -0.05) is 68.4 Å². The quantitative estimate of drug-likeness (QED) is 0.872. The average Bonchev–Trinajstić information content (AvgIpc) is 2.63. The largest absolute Gasteiger partial charge is 0.479 e. The van der Waals surface area contributed by atoms with Gasteiger partial charge in [0.15, 0.2) is 5.54 Å². The fourth-order valence-electron chi connectivity index (χ4n) is 3.55. The summed E-state index contributed by atoms with van der Waals surface area (Å²) in [6.07, 6.45) is 0.230. The van der Waals surface area contributed by atoms with Gasteiger partial charge in [0.05, 0.1) is 0 Å². The lowest BCUT2D eigenvalue weighted by atomic mass is 9.65. The maximum Gasteiger partial charge on any atom is 0.408 e. The number of carbonyl (C=O) groups is 2. The van der Waals surface area contributed by atoms with Gasteiger partial charge in [0.2, 0.25) is 0 Å². The van der Waals surface area contributed by atoms with E-state index in [2.05, 4.69) is 19.2 Å². The third kappa shape index (κ3) is 3.29. The summed E-state index contributed by atoms with van der Waals surface area (Å²) < 4.78 is 5.26. The molecule has 1 amide bonds. The summed E-state index contributed by atoms with van der Waals surface area (Å²) in [6, 6.07) is 16.7. The van der Waals surface area contributed by atoms with Crippen LogP contribution >= 0.6 is 0 Å². The molecule has 0 saturated carbocycles. The number of nitrogens with one attached hydrogen (secondary N) is 1. The lowest BCUT2D eigenvalue weighted by Gasteiger charge is -2.42. The minimum absolute atomic E-state index is 0.0928. The lowest BCUT2D eigenvalue weighted by Crippen LogP contribution is -2.55. The van der Waals surface area contributed by atoms with Crippen LogP contribution < -0.4 is 5.32 Å². The van der Waals surface area contributed by atoms with Crippen LogP contribution in [0.25, 0.3) is 0 Å². The highest BCUT2D eigenvalue weighted by molar-refractivity contribution is 5.87. The number of carbonyl (C=O) groups excluding carboxylic acids is 1. The summed E-state index contributed by atoms with van der Waals surface area (Å²) in [5.74, 6) is -1.07. The molecule has 5 nitrogen and oxygen atoms in total. The zero-order valence-electron chi connectivity index (χ0n) is 15.0. The van der Waals surface area contributed by atoms with E-state index in [9.17, 15) is 14.7 Å². The van der Waals surface area contributed by atoms with Crippen molar-refractivity contribution in [2.24, 2.45) is 0 Å². The summed E-state index contributed by atoms with van der Waals surface area (Å²) in [5.41, 5.74) is 0.792. The van der Waals surface area contributed by atoms with Crippen LogP contribution in [0, 0.1) is 0 Å². The molecule has 0 saturated heterocycles. The van der Waals surface area contributed by atoms with Crippen LogP contribution in [0.15, 0.2) is 54.6 Å². The number of aliphatic carboxylic acids is 1. The van der Waals surface area contributed by atoms with Crippen molar-refractivity contribution < 1.29 is 19.4 Å². The highest BCUT2D eigenvalue weighted by atomic mass is 16.5. The topological polar surface area (TPSA) is 75.6 Å². The zero-order chi connectivity index (χ0) is 18.8. The van der Waals surface area contributed by atoms with Gasteiger partial charge in [0, 0.05) is 0 Å². The Bertz CT molecular complexity index is 816. The van der Waals surface area contributed by atoms with Crippen molar-refractivity contribution in [3.8, 4) is 0 Å². The number of alkyl carbamates (subject to hydrolysis) is 1. The summed E-state index contributed by atoms with van der Waals surface area (Å²) in [7, 11) is 0. The predicted octanol–water partition coefficient (Wildman–Crippen LogP) is 3.96. The van der Waals surface area contributed by atoms with Crippen molar-refractivity contribution in [1.29, 1.82) is 0 Å². The maximum atomic E-state index is 12.4. The molecule has 1 aliphatic carbocycles. The second-order valence-electron chi connectivity index (χ2n) is 7.33. The second-order valence-corrected chi connectivity index (χ2v) is 7.33. The fraction of sp³-hybridized carbons (Fsp3) is 0.333. The predicted molar refractivity (Wildman–Crippen MR) is 97.8 cm³/mol. The van der Waals surface area contributed by atoms with Gasteiger partial charge >= 0.3 is 12.1 Å².